The van der Waals surface area contributed by atoms with Gasteiger partial charge in [0.15, 0.2) is 0 Å². The van der Waals surface area contributed by atoms with Crippen LogP contribution in [-0.4, -0.2) is 35.1 Å². The summed E-state index contributed by atoms with van der Waals surface area (Å²) in [5.41, 5.74) is 0.230. The molecule has 2 saturated carbocycles. The number of carbonyl (C=O) groups is 1. The van der Waals surface area contributed by atoms with Crippen molar-refractivity contribution < 1.29 is 9.90 Å². The highest BCUT2D eigenvalue weighted by Gasteiger charge is 2.46. The molecule has 0 aromatic rings. The first kappa shape index (κ1) is 14.4. The van der Waals surface area contributed by atoms with Gasteiger partial charge in [0.1, 0.15) is 0 Å². The molecular weight excluding hydrogens is 250 g/mol. The third kappa shape index (κ3) is 2.38. The normalized spacial score (nSPS) is 34.9. The number of aliphatic carboxylic acids is 1. The molecule has 1 spiro atoms. The largest absolute Gasteiger partial charge is 0.481 e. The molecule has 0 aromatic carbocycles. The highest BCUT2D eigenvalue weighted by molar-refractivity contribution is 5.75. The van der Waals surface area contributed by atoms with Gasteiger partial charge in [-0.3, -0.25) is 9.69 Å². The smallest absolute Gasteiger partial charge is 0.310 e. The fraction of sp³-hybridized carbons (Fsp3) is 0.941. The zero-order valence-corrected chi connectivity index (χ0v) is 12.9. The quantitative estimate of drug-likeness (QED) is 0.857. The van der Waals surface area contributed by atoms with Crippen LogP contribution in [0.2, 0.25) is 0 Å². The lowest BCUT2D eigenvalue weighted by Gasteiger charge is -2.41. The Bertz CT molecular complexity index is 365. The lowest BCUT2D eigenvalue weighted by atomic mass is 9.71. The van der Waals surface area contributed by atoms with E-state index in [2.05, 4.69) is 4.90 Å². The van der Waals surface area contributed by atoms with Crippen molar-refractivity contribution in [2.75, 3.05) is 13.1 Å². The van der Waals surface area contributed by atoms with E-state index in [4.69, 9.17) is 0 Å². The number of likely N-dealkylation sites (tertiary alicyclic amines) is 1. The van der Waals surface area contributed by atoms with Gasteiger partial charge in [0, 0.05) is 12.6 Å². The molecule has 3 rings (SSSR count). The standard InChI is InChI=1S/C17H29NO2/c1-2-17(15(19)20)11-12-18(13-17)14-5-9-16(10-6-14)7-3-4-8-16/h14H,2-13H2,1H3,(H,19,20). The van der Waals surface area contributed by atoms with E-state index in [1.807, 2.05) is 6.92 Å². The van der Waals surface area contributed by atoms with Crippen LogP contribution in [-0.2, 0) is 4.79 Å². The molecule has 1 aliphatic heterocycles. The number of nitrogens with zero attached hydrogens (tertiary/aromatic N) is 1. The molecule has 1 heterocycles. The van der Waals surface area contributed by atoms with Crippen molar-refractivity contribution in [3.63, 3.8) is 0 Å². The van der Waals surface area contributed by atoms with Crippen LogP contribution < -0.4 is 0 Å². The van der Waals surface area contributed by atoms with Crippen molar-refractivity contribution in [3.8, 4) is 0 Å². The predicted octanol–water partition coefficient (Wildman–Crippen LogP) is 3.68. The van der Waals surface area contributed by atoms with E-state index in [1.54, 1.807) is 0 Å². The molecule has 0 bridgehead atoms. The van der Waals surface area contributed by atoms with Crippen molar-refractivity contribution in [1.29, 1.82) is 0 Å². The maximum Gasteiger partial charge on any atom is 0.310 e. The van der Waals surface area contributed by atoms with E-state index in [0.717, 1.165) is 25.9 Å². The summed E-state index contributed by atoms with van der Waals surface area (Å²) in [6.07, 6.45) is 12.8. The molecule has 1 atom stereocenters. The predicted molar refractivity (Wildman–Crippen MR) is 79.7 cm³/mol. The van der Waals surface area contributed by atoms with Crippen LogP contribution in [0, 0.1) is 10.8 Å². The Labute approximate surface area is 122 Å². The Kier molecular flexibility index (Phi) is 3.83. The van der Waals surface area contributed by atoms with Crippen molar-refractivity contribution in [2.24, 2.45) is 10.8 Å². The molecule has 3 nitrogen and oxygen atoms in total. The molecule has 0 amide bonds. The summed E-state index contributed by atoms with van der Waals surface area (Å²) < 4.78 is 0. The lowest BCUT2D eigenvalue weighted by Crippen LogP contribution is -2.41. The summed E-state index contributed by atoms with van der Waals surface area (Å²) in [4.78, 5) is 14.1. The molecule has 3 heteroatoms. The van der Waals surface area contributed by atoms with Gasteiger partial charge in [0.2, 0.25) is 0 Å². The molecular formula is C17H29NO2. The van der Waals surface area contributed by atoms with E-state index in [9.17, 15) is 9.90 Å². The van der Waals surface area contributed by atoms with Gasteiger partial charge in [0.05, 0.1) is 5.41 Å². The fourth-order valence-electron chi connectivity index (χ4n) is 5.04. The molecule has 2 aliphatic carbocycles. The Morgan fingerprint density at radius 3 is 2.30 bits per heavy atom. The summed E-state index contributed by atoms with van der Waals surface area (Å²) >= 11 is 0. The maximum atomic E-state index is 11.6. The molecule has 0 aromatic heterocycles. The lowest BCUT2D eigenvalue weighted by molar-refractivity contribution is -0.148. The third-order valence-electron chi connectivity index (χ3n) is 6.71. The Balaban J connectivity index is 1.58. The van der Waals surface area contributed by atoms with Gasteiger partial charge in [-0.05, 0) is 63.3 Å². The maximum absolute atomic E-state index is 11.6. The van der Waals surface area contributed by atoms with Gasteiger partial charge >= 0.3 is 5.97 Å². The van der Waals surface area contributed by atoms with Gasteiger partial charge in [-0.1, -0.05) is 19.8 Å². The number of carboxylic acids is 1. The van der Waals surface area contributed by atoms with Crippen molar-refractivity contribution in [2.45, 2.75) is 77.2 Å². The van der Waals surface area contributed by atoms with E-state index < -0.39 is 11.4 Å². The monoisotopic (exact) mass is 279 g/mol. The van der Waals surface area contributed by atoms with Crippen LogP contribution in [0.25, 0.3) is 0 Å². The molecule has 1 saturated heterocycles. The van der Waals surface area contributed by atoms with Crippen LogP contribution in [0.15, 0.2) is 0 Å². The highest BCUT2D eigenvalue weighted by Crippen LogP contribution is 2.50. The molecule has 3 fully saturated rings. The SMILES string of the molecule is CCC1(C(=O)O)CCN(C2CCC3(CCCC3)CC2)C1. The van der Waals surface area contributed by atoms with Crippen LogP contribution in [0.4, 0.5) is 0 Å². The van der Waals surface area contributed by atoms with Gasteiger partial charge in [0.25, 0.3) is 0 Å². The second kappa shape index (κ2) is 5.32. The summed E-state index contributed by atoms with van der Waals surface area (Å²) in [6.45, 7) is 3.82. The average Bonchev–Trinajstić information content (AvgIpc) is 3.08. The van der Waals surface area contributed by atoms with E-state index in [-0.39, 0.29) is 0 Å². The number of hydrogen-bond donors (Lipinski definition) is 1. The van der Waals surface area contributed by atoms with Crippen LogP contribution >= 0.6 is 0 Å². The summed E-state index contributed by atoms with van der Waals surface area (Å²) in [6, 6.07) is 0.661. The second-order valence-electron chi connectivity index (χ2n) is 7.60. The first-order valence-electron chi connectivity index (χ1n) is 8.57. The number of carboxylic acid groups (broad SMARTS) is 1. The number of hydrogen-bond acceptors (Lipinski definition) is 2. The second-order valence-corrected chi connectivity index (χ2v) is 7.60. The number of rotatable bonds is 3. The third-order valence-corrected chi connectivity index (χ3v) is 6.71. The minimum atomic E-state index is -0.578. The van der Waals surface area contributed by atoms with Crippen LogP contribution in [0.3, 0.4) is 0 Å². The van der Waals surface area contributed by atoms with Crippen molar-refractivity contribution in [3.05, 3.63) is 0 Å². The first-order chi connectivity index (χ1) is 9.59. The fourth-order valence-corrected chi connectivity index (χ4v) is 5.04. The van der Waals surface area contributed by atoms with Crippen molar-refractivity contribution >= 4 is 5.97 Å². The minimum absolute atomic E-state index is 0.456. The van der Waals surface area contributed by atoms with E-state index in [0.29, 0.717) is 11.5 Å². The Hall–Kier alpha value is -0.570. The molecule has 1 unspecified atom stereocenters. The van der Waals surface area contributed by atoms with Gasteiger partial charge < -0.3 is 5.11 Å². The van der Waals surface area contributed by atoms with Crippen molar-refractivity contribution in [1.82, 2.24) is 4.90 Å². The zero-order chi connectivity index (χ0) is 14.2. The molecule has 114 valence electrons. The highest BCUT2D eigenvalue weighted by atomic mass is 16.4. The van der Waals surface area contributed by atoms with E-state index in [1.165, 1.54) is 51.4 Å². The van der Waals surface area contributed by atoms with E-state index >= 15 is 0 Å². The minimum Gasteiger partial charge on any atom is -0.481 e. The van der Waals surface area contributed by atoms with Crippen LogP contribution in [0.5, 0.6) is 0 Å². The summed E-state index contributed by atoms with van der Waals surface area (Å²) in [5.74, 6) is -0.578. The first-order valence-corrected chi connectivity index (χ1v) is 8.57. The van der Waals surface area contributed by atoms with Gasteiger partial charge in [-0.25, -0.2) is 0 Å². The molecule has 3 aliphatic rings. The topological polar surface area (TPSA) is 40.5 Å². The average molecular weight is 279 g/mol. The van der Waals surface area contributed by atoms with Gasteiger partial charge in [-0.2, -0.15) is 0 Å². The molecule has 0 radical (unpaired) electrons. The summed E-state index contributed by atoms with van der Waals surface area (Å²) in [5, 5.41) is 9.52. The Morgan fingerprint density at radius 2 is 1.80 bits per heavy atom. The van der Waals surface area contributed by atoms with Crippen LogP contribution in [0.1, 0.15) is 71.1 Å². The summed E-state index contributed by atoms with van der Waals surface area (Å²) in [7, 11) is 0. The Morgan fingerprint density at radius 1 is 1.15 bits per heavy atom. The molecule has 1 N–H and O–H groups in total. The molecule has 20 heavy (non-hydrogen) atoms. The zero-order valence-electron chi connectivity index (χ0n) is 12.9. The van der Waals surface area contributed by atoms with Gasteiger partial charge in [-0.15, -0.1) is 0 Å².